The zero-order valence-corrected chi connectivity index (χ0v) is 12.2. The minimum absolute atomic E-state index is 0.451. The number of aryl methyl sites for hydroxylation is 2. The number of amides is 1. The van der Waals surface area contributed by atoms with Crippen molar-refractivity contribution in [3.63, 3.8) is 0 Å². The van der Waals surface area contributed by atoms with Gasteiger partial charge < -0.3 is 15.8 Å². The van der Waals surface area contributed by atoms with E-state index in [1.54, 1.807) is 6.92 Å². The van der Waals surface area contributed by atoms with Crippen LogP contribution in [0.4, 0.5) is 0 Å². The van der Waals surface area contributed by atoms with E-state index >= 15 is 0 Å². The Labute approximate surface area is 115 Å². The van der Waals surface area contributed by atoms with E-state index in [1.807, 2.05) is 13.8 Å². The van der Waals surface area contributed by atoms with Crippen LogP contribution in [0.2, 0.25) is 0 Å². The number of ether oxygens (including phenoxy) is 1. The highest BCUT2D eigenvalue weighted by Gasteiger charge is 2.14. The van der Waals surface area contributed by atoms with Crippen LogP contribution in [0.15, 0.2) is 12.1 Å². The zero-order valence-electron chi connectivity index (χ0n) is 12.2. The fraction of sp³-hybridized carbons (Fsp3) is 0.533. The summed E-state index contributed by atoms with van der Waals surface area (Å²) in [4.78, 5) is 11.1. The Balaban J connectivity index is 2.82. The summed E-state index contributed by atoms with van der Waals surface area (Å²) in [7, 11) is 0. The summed E-state index contributed by atoms with van der Waals surface area (Å²) in [6.07, 6.45) is 0.511. The van der Waals surface area contributed by atoms with Crippen molar-refractivity contribution in [2.75, 3.05) is 6.54 Å². The Hall–Kier alpha value is -1.55. The Morgan fingerprint density at radius 1 is 1.37 bits per heavy atom. The van der Waals surface area contributed by atoms with Gasteiger partial charge in [-0.1, -0.05) is 19.1 Å². The number of hydrogen-bond acceptors (Lipinski definition) is 3. The van der Waals surface area contributed by atoms with E-state index in [4.69, 9.17) is 10.5 Å². The van der Waals surface area contributed by atoms with Crippen molar-refractivity contribution in [1.82, 2.24) is 5.32 Å². The molecule has 1 atom stereocenters. The number of benzene rings is 1. The summed E-state index contributed by atoms with van der Waals surface area (Å²) in [5.41, 5.74) is 8.50. The summed E-state index contributed by atoms with van der Waals surface area (Å²) in [6, 6.07) is 4.16. The molecule has 1 aromatic rings. The molecule has 0 saturated carbocycles. The molecule has 1 unspecified atom stereocenters. The number of nitrogens with one attached hydrogen (secondary N) is 1. The van der Waals surface area contributed by atoms with Crippen LogP contribution in [-0.2, 0) is 11.3 Å². The smallest absolute Gasteiger partial charge is 0.258 e. The van der Waals surface area contributed by atoms with Crippen molar-refractivity contribution in [2.45, 2.75) is 46.8 Å². The molecule has 1 rings (SSSR count). The molecular formula is C15H24N2O2. The number of primary amides is 1. The van der Waals surface area contributed by atoms with Gasteiger partial charge in [-0.05, 0) is 50.4 Å². The van der Waals surface area contributed by atoms with E-state index in [-0.39, 0.29) is 0 Å². The van der Waals surface area contributed by atoms with Crippen LogP contribution in [0.1, 0.15) is 37.0 Å². The largest absolute Gasteiger partial charge is 0.480 e. The van der Waals surface area contributed by atoms with Crippen molar-refractivity contribution in [2.24, 2.45) is 5.73 Å². The summed E-state index contributed by atoms with van der Waals surface area (Å²) < 4.78 is 5.62. The van der Waals surface area contributed by atoms with Crippen molar-refractivity contribution < 1.29 is 9.53 Å². The summed E-state index contributed by atoms with van der Waals surface area (Å²) >= 11 is 0. The number of carbonyl (C=O) groups excluding carboxylic acids is 1. The van der Waals surface area contributed by atoms with Gasteiger partial charge in [-0.3, -0.25) is 4.79 Å². The summed E-state index contributed by atoms with van der Waals surface area (Å²) in [5.74, 6) is 0.304. The van der Waals surface area contributed by atoms with Gasteiger partial charge in [0.25, 0.3) is 5.91 Å². The van der Waals surface area contributed by atoms with Gasteiger partial charge in [-0.15, -0.1) is 0 Å². The normalized spacial score (nSPS) is 12.2. The van der Waals surface area contributed by atoms with Gasteiger partial charge in [-0.2, -0.15) is 0 Å². The van der Waals surface area contributed by atoms with Gasteiger partial charge in [0, 0.05) is 6.54 Å². The molecule has 4 heteroatoms. The average Bonchev–Trinajstić information content (AvgIpc) is 2.33. The first kappa shape index (κ1) is 15.5. The maximum atomic E-state index is 11.1. The third kappa shape index (κ3) is 4.56. The lowest BCUT2D eigenvalue weighted by atomic mass is 10.1. The molecule has 0 aliphatic rings. The molecule has 0 aliphatic heterocycles. The zero-order chi connectivity index (χ0) is 14.4. The van der Waals surface area contributed by atoms with Gasteiger partial charge in [0.2, 0.25) is 0 Å². The van der Waals surface area contributed by atoms with E-state index in [9.17, 15) is 4.79 Å². The third-order valence-corrected chi connectivity index (χ3v) is 2.97. The van der Waals surface area contributed by atoms with Crippen LogP contribution in [-0.4, -0.2) is 18.6 Å². The number of nitrogens with two attached hydrogens (primary N) is 1. The van der Waals surface area contributed by atoms with Gasteiger partial charge >= 0.3 is 0 Å². The molecule has 3 N–H and O–H groups in total. The highest BCUT2D eigenvalue weighted by molar-refractivity contribution is 5.78. The Morgan fingerprint density at radius 2 is 1.95 bits per heavy atom. The molecule has 0 heterocycles. The predicted molar refractivity (Wildman–Crippen MR) is 77.2 cm³/mol. The van der Waals surface area contributed by atoms with Crippen LogP contribution < -0.4 is 15.8 Å². The maximum absolute atomic E-state index is 11.1. The minimum Gasteiger partial charge on any atom is -0.480 e. The van der Waals surface area contributed by atoms with Gasteiger partial charge in [-0.25, -0.2) is 0 Å². The van der Waals surface area contributed by atoms with Crippen molar-refractivity contribution in [1.29, 1.82) is 0 Å². The number of carbonyl (C=O) groups is 1. The van der Waals surface area contributed by atoms with Crippen LogP contribution in [0.3, 0.4) is 0 Å². The molecule has 1 aromatic carbocycles. The number of rotatable bonds is 7. The first-order valence-corrected chi connectivity index (χ1v) is 6.72. The van der Waals surface area contributed by atoms with Gasteiger partial charge in [0.15, 0.2) is 6.10 Å². The second-order valence-electron chi connectivity index (χ2n) is 4.90. The SMILES string of the molecule is CCCNCc1cc(C)c(OC(C)C(N)=O)c(C)c1. The second-order valence-corrected chi connectivity index (χ2v) is 4.90. The van der Waals surface area contributed by atoms with E-state index in [0.717, 1.165) is 36.4 Å². The molecule has 106 valence electrons. The molecule has 19 heavy (non-hydrogen) atoms. The van der Waals surface area contributed by atoms with Crippen LogP contribution in [0, 0.1) is 13.8 Å². The van der Waals surface area contributed by atoms with E-state index in [2.05, 4.69) is 24.4 Å². The van der Waals surface area contributed by atoms with Crippen molar-refractivity contribution in [3.8, 4) is 5.75 Å². The molecule has 4 nitrogen and oxygen atoms in total. The predicted octanol–water partition coefficient (Wildman–Crippen LogP) is 2.06. The summed E-state index contributed by atoms with van der Waals surface area (Å²) in [6.45, 7) is 9.64. The molecule has 0 saturated heterocycles. The second kappa shape index (κ2) is 7.14. The lowest BCUT2D eigenvalue weighted by Gasteiger charge is -2.17. The fourth-order valence-corrected chi connectivity index (χ4v) is 1.97. The molecule has 0 spiro atoms. The number of hydrogen-bond donors (Lipinski definition) is 2. The molecule has 0 radical (unpaired) electrons. The first-order chi connectivity index (χ1) is 8.95. The van der Waals surface area contributed by atoms with Crippen LogP contribution >= 0.6 is 0 Å². The Kier molecular flexibility index (Phi) is 5.83. The van der Waals surface area contributed by atoms with Crippen LogP contribution in [0.5, 0.6) is 5.75 Å². The first-order valence-electron chi connectivity index (χ1n) is 6.72. The van der Waals surface area contributed by atoms with Gasteiger partial charge in [0.05, 0.1) is 0 Å². The monoisotopic (exact) mass is 264 g/mol. The third-order valence-electron chi connectivity index (χ3n) is 2.97. The quantitative estimate of drug-likeness (QED) is 0.741. The molecule has 0 fully saturated rings. The van der Waals surface area contributed by atoms with E-state index < -0.39 is 12.0 Å². The maximum Gasteiger partial charge on any atom is 0.258 e. The highest BCUT2D eigenvalue weighted by Crippen LogP contribution is 2.25. The topological polar surface area (TPSA) is 64.3 Å². The molecule has 0 bridgehead atoms. The standard InChI is InChI=1S/C15H24N2O2/c1-5-6-17-9-13-7-10(2)14(11(3)8-13)19-12(4)15(16)18/h7-8,12,17H,5-6,9H2,1-4H3,(H2,16,18). The van der Waals surface area contributed by atoms with Crippen LogP contribution in [0.25, 0.3) is 0 Å². The van der Waals surface area contributed by atoms with E-state index in [0.29, 0.717) is 0 Å². The lowest BCUT2D eigenvalue weighted by molar-refractivity contribution is -0.124. The Bertz CT molecular complexity index is 421. The van der Waals surface area contributed by atoms with Crippen molar-refractivity contribution in [3.05, 3.63) is 28.8 Å². The molecule has 1 amide bonds. The molecular weight excluding hydrogens is 240 g/mol. The fourth-order valence-electron chi connectivity index (χ4n) is 1.97. The van der Waals surface area contributed by atoms with E-state index in [1.165, 1.54) is 5.56 Å². The minimum atomic E-state index is -0.610. The Morgan fingerprint density at radius 3 is 2.42 bits per heavy atom. The average molecular weight is 264 g/mol. The molecule has 0 aromatic heterocycles. The van der Waals surface area contributed by atoms with Crippen molar-refractivity contribution >= 4 is 5.91 Å². The van der Waals surface area contributed by atoms with Gasteiger partial charge in [0.1, 0.15) is 5.75 Å². The molecule has 0 aliphatic carbocycles. The lowest BCUT2D eigenvalue weighted by Crippen LogP contribution is -2.31. The summed E-state index contributed by atoms with van der Waals surface area (Å²) in [5, 5.41) is 3.37. The highest BCUT2D eigenvalue weighted by atomic mass is 16.5.